The minimum absolute atomic E-state index is 0.00364. The Kier molecular flexibility index (Phi) is 52.1. The predicted molar refractivity (Wildman–Crippen MR) is 302 cm³/mol. The van der Waals surface area contributed by atoms with Gasteiger partial charge in [-0.05, 0) is 32.1 Å². The number of unbranched alkanes of at least 4 members (excludes halogenated alkanes) is 42. The van der Waals surface area contributed by atoms with Gasteiger partial charge in [-0.1, -0.05) is 295 Å². The van der Waals surface area contributed by atoms with E-state index in [2.05, 4.69) is 31.3 Å². The number of phosphoric acid groups is 1. The van der Waals surface area contributed by atoms with E-state index in [0.29, 0.717) is 17.4 Å². The third kappa shape index (κ3) is 54.7. The lowest BCUT2D eigenvalue weighted by molar-refractivity contribution is -0.870. The molecule has 0 fully saturated rings. The third-order valence-corrected chi connectivity index (χ3v) is 15.1. The van der Waals surface area contributed by atoms with Crippen LogP contribution in [-0.4, -0.2) is 68.5 Å². The highest BCUT2D eigenvalue weighted by Crippen LogP contribution is 2.38. The van der Waals surface area contributed by atoms with Crippen LogP contribution in [0.5, 0.6) is 0 Å². The minimum Gasteiger partial charge on any atom is -0.756 e. The Morgan fingerprint density at radius 2 is 0.800 bits per heavy atom. The Hall–Kier alpha value is -1.02. The lowest BCUT2D eigenvalue weighted by Gasteiger charge is -2.29. The van der Waals surface area contributed by atoms with Crippen LogP contribution in [0, 0.1) is 0 Å². The molecule has 0 aromatic heterocycles. The van der Waals surface area contributed by atoms with E-state index in [-0.39, 0.29) is 19.1 Å². The fourth-order valence-electron chi connectivity index (χ4n) is 9.35. The van der Waals surface area contributed by atoms with E-state index in [0.717, 1.165) is 38.5 Å². The standard InChI is InChI=1S/C61H121N2O6P/c1-6-8-10-12-14-16-18-20-22-24-26-27-28-29-30-31-32-33-34-35-37-38-40-42-44-46-48-50-52-54-60(64)59(58-69-70(66,67)68-57-56-63(3,4)5)62-61(65)55-53-51-49-47-45-43-41-39-36-25-23-21-19-17-15-13-11-9-7-2/h44,46,52,54,59-60,64H,6-43,45,47-51,53,55-58H2,1-5H3,(H-,62,65,66,67)/b46-44+,54-52+. The van der Waals surface area contributed by atoms with Gasteiger partial charge >= 0.3 is 0 Å². The summed E-state index contributed by atoms with van der Waals surface area (Å²) in [6.07, 6.45) is 67.0. The van der Waals surface area contributed by atoms with E-state index in [1.165, 1.54) is 250 Å². The van der Waals surface area contributed by atoms with Crippen molar-refractivity contribution in [2.24, 2.45) is 0 Å². The van der Waals surface area contributed by atoms with Gasteiger partial charge < -0.3 is 28.8 Å². The highest BCUT2D eigenvalue weighted by molar-refractivity contribution is 7.45. The van der Waals surface area contributed by atoms with Gasteiger partial charge in [-0.25, -0.2) is 0 Å². The topological polar surface area (TPSA) is 108 Å². The zero-order valence-corrected chi connectivity index (χ0v) is 48.4. The highest BCUT2D eigenvalue weighted by Gasteiger charge is 2.23. The molecule has 0 aliphatic heterocycles. The van der Waals surface area contributed by atoms with Gasteiger partial charge in [-0.3, -0.25) is 9.36 Å². The van der Waals surface area contributed by atoms with Crippen molar-refractivity contribution in [1.29, 1.82) is 0 Å². The van der Waals surface area contributed by atoms with Crippen molar-refractivity contribution in [3.05, 3.63) is 24.3 Å². The number of rotatable bonds is 57. The van der Waals surface area contributed by atoms with Gasteiger partial charge in [0.15, 0.2) is 0 Å². The number of likely N-dealkylation sites (N-methyl/N-ethyl adjacent to an activating group) is 1. The second kappa shape index (κ2) is 52.8. The predicted octanol–water partition coefficient (Wildman–Crippen LogP) is 18.1. The summed E-state index contributed by atoms with van der Waals surface area (Å²) in [6, 6.07) is -0.900. The first kappa shape index (κ1) is 69.0. The Balaban J connectivity index is 4.16. The second-order valence-corrected chi connectivity index (χ2v) is 23.8. The molecule has 0 saturated heterocycles. The number of amides is 1. The summed E-state index contributed by atoms with van der Waals surface area (Å²) >= 11 is 0. The Morgan fingerprint density at radius 1 is 0.486 bits per heavy atom. The smallest absolute Gasteiger partial charge is 0.268 e. The van der Waals surface area contributed by atoms with Gasteiger partial charge in [0.1, 0.15) is 13.2 Å². The molecule has 0 bridgehead atoms. The van der Waals surface area contributed by atoms with Crippen LogP contribution in [0.2, 0.25) is 0 Å². The number of carbonyl (C=O) groups excluding carboxylic acids is 1. The van der Waals surface area contributed by atoms with Crippen molar-refractivity contribution in [1.82, 2.24) is 5.32 Å². The Labute approximate surface area is 436 Å². The van der Waals surface area contributed by atoms with Gasteiger partial charge in [0, 0.05) is 6.42 Å². The van der Waals surface area contributed by atoms with Crippen LogP contribution in [0.25, 0.3) is 0 Å². The number of nitrogens with one attached hydrogen (secondary N) is 1. The quantitative estimate of drug-likeness (QED) is 0.0272. The molecule has 0 aromatic carbocycles. The minimum atomic E-state index is -4.60. The van der Waals surface area contributed by atoms with Crippen molar-refractivity contribution < 1.29 is 32.9 Å². The molecule has 0 aliphatic carbocycles. The summed E-state index contributed by atoms with van der Waals surface area (Å²) in [6.45, 7) is 4.68. The molecule has 3 unspecified atom stereocenters. The molecule has 416 valence electrons. The molecule has 0 rings (SSSR count). The number of aliphatic hydroxyl groups excluding tert-OH is 1. The van der Waals surface area contributed by atoms with Crippen molar-refractivity contribution in [3.8, 4) is 0 Å². The number of quaternary nitrogens is 1. The van der Waals surface area contributed by atoms with E-state index in [4.69, 9.17) is 9.05 Å². The number of nitrogens with zero attached hydrogens (tertiary/aromatic N) is 1. The molecule has 3 atom stereocenters. The number of allylic oxidation sites excluding steroid dienone is 3. The zero-order valence-electron chi connectivity index (χ0n) is 47.5. The molecule has 0 aliphatic rings. The van der Waals surface area contributed by atoms with Crippen LogP contribution in [0.3, 0.4) is 0 Å². The Morgan fingerprint density at radius 3 is 1.16 bits per heavy atom. The molecule has 0 radical (unpaired) electrons. The van der Waals surface area contributed by atoms with Gasteiger partial charge in [-0.15, -0.1) is 0 Å². The second-order valence-electron chi connectivity index (χ2n) is 22.4. The molecule has 9 heteroatoms. The molecule has 0 saturated carbocycles. The number of phosphoric ester groups is 1. The fraction of sp³-hybridized carbons (Fsp3) is 0.918. The molecule has 0 spiro atoms. The normalized spacial score (nSPS) is 14.0. The van der Waals surface area contributed by atoms with Crippen molar-refractivity contribution in [2.75, 3.05) is 40.9 Å². The van der Waals surface area contributed by atoms with Crippen LogP contribution < -0.4 is 10.2 Å². The molecular weight excluding hydrogens is 888 g/mol. The van der Waals surface area contributed by atoms with E-state index >= 15 is 0 Å². The van der Waals surface area contributed by atoms with E-state index in [9.17, 15) is 19.4 Å². The maximum absolute atomic E-state index is 13.0. The summed E-state index contributed by atoms with van der Waals surface area (Å²) in [7, 11) is 1.26. The zero-order chi connectivity index (χ0) is 51.3. The molecule has 2 N–H and O–H groups in total. The molecular formula is C61H121N2O6P. The molecule has 8 nitrogen and oxygen atoms in total. The highest BCUT2D eigenvalue weighted by atomic mass is 31.2. The average molecular weight is 1010 g/mol. The molecule has 1 amide bonds. The summed E-state index contributed by atoms with van der Waals surface area (Å²) in [5, 5.41) is 13.9. The van der Waals surface area contributed by atoms with E-state index < -0.39 is 20.0 Å². The molecule has 0 aromatic rings. The van der Waals surface area contributed by atoms with Gasteiger partial charge in [-0.2, -0.15) is 0 Å². The van der Waals surface area contributed by atoms with Crippen molar-refractivity contribution in [2.45, 2.75) is 321 Å². The van der Waals surface area contributed by atoms with Crippen molar-refractivity contribution >= 4 is 13.7 Å². The number of hydrogen-bond acceptors (Lipinski definition) is 6. The van der Waals surface area contributed by atoms with E-state index in [1.54, 1.807) is 6.08 Å². The third-order valence-electron chi connectivity index (χ3n) is 14.2. The van der Waals surface area contributed by atoms with Crippen LogP contribution in [0.15, 0.2) is 24.3 Å². The maximum atomic E-state index is 13.0. The van der Waals surface area contributed by atoms with E-state index in [1.807, 2.05) is 27.2 Å². The number of aliphatic hydroxyl groups is 1. The van der Waals surface area contributed by atoms with Crippen LogP contribution >= 0.6 is 7.82 Å². The summed E-state index contributed by atoms with van der Waals surface area (Å²) in [5.41, 5.74) is 0. The maximum Gasteiger partial charge on any atom is 0.268 e. The first-order valence-electron chi connectivity index (χ1n) is 30.7. The van der Waals surface area contributed by atoms with Crippen LogP contribution in [-0.2, 0) is 18.4 Å². The molecule has 70 heavy (non-hydrogen) atoms. The van der Waals surface area contributed by atoms with Gasteiger partial charge in [0.05, 0.1) is 39.9 Å². The summed E-state index contributed by atoms with van der Waals surface area (Å²) in [5.74, 6) is -0.201. The fourth-order valence-corrected chi connectivity index (χ4v) is 10.1. The lowest BCUT2D eigenvalue weighted by Crippen LogP contribution is -2.45. The number of carbonyl (C=O) groups is 1. The SMILES string of the molecule is CCCCCCCCCCCCCCCCCCCCCCCCC/C=C/CC/C=C/C(O)C(COP(=O)([O-])OCC[N+](C)(C)C)NC(=O)CCCCCCCCCCCCCCCCCCCCC. The lowest BCUT2D eigenvalue weighted by atomic mass is 10.0. The first-order chi connectivity index (χ1) is 34.0. The number of hydrogen-bond donors (Lipinski definition) is 2. The largest absolute Gasteiger partial charge is 0.756 e. The first-order valence-corrected chi connectivity index (χ1v) is 32.2. The van der Waals surface area contributed by atoms with Gasteiger partial charge in [0.2, 0.25) is 5.91 Å². The van der Waals surface area contributed by atoms with Crippen LogP contribution in [0.4, 0.5) is 0 Å². The molecule has 0 heterocycles. The summed E-state index contributed by atoms with van der Waals surface area (Å²) < 4.78 is 23.4. The average Bonchev–Trinajstić information content (AvgIpc) is 3.32. The Bertz CT molecular complexity index is 1190. The monoisotopic (exact) mass is 1010 g/mol. The van der Waals surface area contributed by atoms with Crippen molar-refractivity contribution in [3.63, 3.8) is 0 Å². The van der Waals surface area contributed by atoms with Gasteiger partial charge in [0.25, 0.3) is 7.82 Å². The summed E-state index contributed by atoms with van der Waals surface area (Å²) in [4.78, 5) is 25.5. The van der Waals surface area contributed by atoms with Crippen LogP contribution in [0.1, 0.15) is 309 Å².